The largest absolute Gasteiger partial charge is 0.450 e. The number of likely N-dealkylation sites (tertiary alicyclic amines) is 1. The van der Waals surface area contributed by atoms with Gasteiger partial charge < -0.3 is 20.7 Å². The quantitative estimate of drug-likeness (QED) is 0.776. The van der Waals surface area contributed by atoms with Crippen molar-refractivity contribution >= 4 is 12.0 Å². The molecule has 110 valence electrons. The van der Waals surface area contributed by atoms with E-state index in [4.69, 9.17) is 10.5 Å². The number of nitrogens with zero attached hydrogens (tertiary/aromatic N) is 1. The van der Waals surface area contributed by atoms with Crippen LogP contribution in [0.3, 0.4) is 0 Å². The SMILES string of the molecule is CCOC(=O)N1CCC(NC(=O)CC(N)CC)CC1. The highest BCUT2D eigenvalue weighted by atomic mass is 16.6. The maximum atomic E-state index is 11.7. The van der Waals surface area contributed by atoms with Gasteiger partial charge in [0.25, 0.3) is 0 Å². The van der Waals surface area contributed by atoms with Crippen molar-refractivity contribution in [3.8, 4) is 0 Å². The lowest BCUT2D eigenvalue weighted by molar-refractivity contribution is -0.122. The molecule has 0 saturated carbocycles. The van der Waals surface area contributed by atoms with Gasteiger partial charge in [0.1, 0.15) is 0 Å². The number of piperidine rings is 1. The van der Waals surface area contributed by atoms with E-state index in [2.05, 4.69) is 5.32 Å². The second kappa shape index (κ2) is 7.99. The Balaban J connectivity index is 2.26. The number of hydrogen-bond acceptors (Lipinski definition) is 4. The molecule has 6 heteroatoms. The first-order valence-electron chi connectivity index (χ1n) is 7.03. The van der Waals surface area contributed by atoms with Crippen molar-refractivity contribution in [2.75, 3.05) is 19.7 Å². The minimum atomic E-state index is -0.264. The van der Waals surface area contributed by atoms with Crippen molar-refractivity contribution in [2.45, 2.75) is 51.6 Å². The number of rotatable bonds is 5. The zero-order chi connectivity index (χ0) is 14.3. The molecule has 19 heavy (non-hydrogen) atoms. The van der Waals surface area contributed by atoms with Gasteiger partial charge in [-0.3, -0.25) is 4.79 Å². The molecule has 1 fully saturated rings. The lowest BCUT2D eigenvalue weighted by atomic mass is 10.0. The lowest BCUT2D eigenvalue weighted by Gasteiger charge is -2.31. The number of hydrogen-bond donors (Lipinski definition) is 2. The molecule has 0 spiro atoms. The highest BCUT2D eigenvalue weighted by molar-refractivity contribution is 5.77. The molecule has 0 bridgehead atoms. The molecule has 1 saturated heterocycles. The third kappa shape index (κ3) is 5.46. The molecule has 1 rings (SSSR count). The molecule has 1 aliphatic rings. The van der Waals surface area contributed by atoms with E-state index < -0.39 is 0 Å². The van der Waals surface area contributed by atoms with Crippen LogP contribution in [0.15, 0.2) is 0 Å². The predicted molar refractivity (Wildman–Crippen MR) is 72.6 cm³/mol. The molecule has 2 amide bonds. The molecule has 1 heterocycles. The van der Waals surface area contributed by atoms with Crippen LogP contribution in [0.4, 0.5) is 4.79 Å². The zero-order valence-corrected chi connectivity index (χ0v) is 11.9. The standard InChI is InChI=1S/C13H25N3O3/c1-3-10(14)9-12(17)15-11-5-7-16(8-6-11)13(18)19-4-2/h10-11H,3-9,14H2,1-2H3,(H,15,17). The van der Waals surface area contributed by atoms with Crippen LogP contribution in [0.5, 0.6) is 0 Å². The predicted octanol–water partition coefficient (Wildman–Crippen LogP) is 0.851. The second-order valence-electron chi connectivity index (χ2n) is 4.90. The van der Waals surface area contributed by atoms with Gasteiger partial charge >= 0.3 is 6.09 Å². The summed E-state index contributed by atoms with van der Waals surface area (Å²) in [6, 6.07) is 0.0712. The van der Waals surface area contributed by atoms with Crippen molar-refractivity contribution in [3.05, 3.63) is 0 Å². The highest BCUT2D eigenvalue weighted by Gasteiger charge is 2.24. The molecule has 1 atom stereocenters. The molecule has 0 aromatic heterocycles. The molecule has 0 aromatic rings. The highest BCUT2D eigenvalue weighted by Crippen LogP contribution is 2.11. The minimum Gasteiger partial charge on any atom is -0.450 e. The van der Waals surface area contributed by atoms with Crippen molar-refractivity contribution in [1.82, 2.24) is 10.2 Å². The third-order valence-electron chi connectivity index (χ3n) is 3.36. The van der Waals surface area contributed by atoms with Crippen LogP contribution in [0.25, 0.3) is 0 Å². The Hall–Kier alpha value is -1.30. The van der Waals surface area contributed by atoms with Crippen LogP contribution in [0.1, 0.15) is 39.5 Å². The molecule has 0 radical (unpaired) electrons. The molecule has 1 aliphatic heterocycles. The van der Waals surface area contributed by atoms with E-state index in [1.807, 2.05) is 6.92 Å². The summed E-state index contributed by atoms with van der Waals surface area (Å²) in [6.45, 7) is 5.41. The smallest absolute Gasteiger partial charge is 0.409 e. The number of nitrogens with one attached hydrogen (secondary N) is 1. The molecular weight excluding hydrogens is 246 g/mol. The van der Waals surface area contributed by atoms with Crippen molar-refractivity contribution in [1.29, 1.82) is 0 Å². The molecule has 0 aliphatic carbocycles. The van der Waals surface area contributed by atoms with E-state index >= 15 is 0 Å². The number of amides is 2. The van der Waals surface area contributed by atoms with Gasteiger partial charge in [-0.1, -0.05) is 6.92 Å². The molecule has 6 nitrogen and oxygen atoms in total. The Bertz CT molecular complexity index is 302. The van der Waals surface area contributed by atoms with Crippen LogP contribution in [-0.4, -0.2) is 48.7 Å². The fourth-order valence-electron chi connectivity index (χ4n) is 2.09. The molecule has 3 N–H and O–H groups in total. The number of ether oxygens (including phenoxy) is 1. The average molecular weight is 271 g/mol. The molecule has 0 aromatic carbocycles. The molecule has 1 unspecified atom stereocenters. The average Bonchev–Trinajstić information content (AvgIpc) is 2.39. The summed E-state index contributed by atoms with van der Waals surface area (Å²) in [7, 11) is 0. The Kier molecular flexibility index (Phi) is 6.62. The van der Waals surface area contributed by atoms with Crippen molar-refractivity contribution in [2.24, 2.45) is 5.73 Å². The van der Waals surface area contributed by atoms with Crippen molar-refractivity contribution < 1.29 is 14.3 Å². The number of carbonyl (C=O) groups is 2. The second-order valence-corrected chi connectivity index (χ2v) is 4.90. The Morgan fingerprint density at radius 3 is 2.53 bits per heavy atom. The van der Waals surface area contributed by atoms with E-state index in [0.717, 1.165) is 19.3 Å². The molecular formula is C13H25N3O3. The maximum Gasteiger partial charge on any atom is 0.409 e. The van der Waals surface area contributed by atoms with E-state index in [-0.39, 0.29) is 24.1 Å². The van der Waals surface area contributed by atoms with E-state index in [1.54, 1.807) is 11.8 Å². The van der Waals surface area contributed by atoms with Crippen LogP contribution in [0, 0.1) is 0 Å². The monoisotopic (exact) mass is 271 g/mol. The van der Waals surface area contributed by atoms with E-state index in [9.17, 15) is 9.59 Å². The summed E-state index contributed by atoms with van der Waals surface area (Å²) in [4.78, 5) is 24.9. The van der Waals surface area contributed by atoms with Gasteiger partial charge in [-0.2, -0.15) is 0 Å². The van der Waals surface area contributed by atoms with Gasteiger partial charge in [-0.25, -0.2) is 4.79 Å². The van der Waals surface area contributed by atoms with E-state index in [0.29, 0.717) is 26.1 Å². The van der Waals surface area contributed by atoms with Gasteiger partial charge in [0.2, 0.25) is 5.91 Å². The lowest BCUT2D eigenvalue weighted by Crippen LogP contribution is -2.47. The fraction of sp³-hybridized carbons (Fsp3) is 0.846. The summed E-state index contributed by atoms with van der Waals surface area (Å²) in [5.74, 6) is 0.00364. The number of nitrogens with two attached hydrogens (primary N) is 1. The van der Waals surface area contributed by atoms with Crippen LogP contribution < -0.4 is 11.1 Å². The summed E-state index contributed by atoms with van der Waals surface area (Å²) in [5.41, 5.74) is 5.74. The minimum absolute atomic E-state index is 0.00364. The maximum absolute atomic E-state index is 11.7. The topological polar surface area (TPSA) is 84.7 Å². The van der Waals surface area contributed by atoms with Crippen LogP contribution in [0.2, 0.25) is 0 Å². The first kappa shape index (κ1) is 15.8. The Morgan fingerprint density at radius 1 is 1.37 bits per heavy atom. The van der Waals surface area contributed by atoms with Crippen molar-refractivity contribution in [3.63, 3.8) is 0 Å². The summed E-state index contributed by atoms with van der Waals surface area (Å²) in [5, 5.41) is 2.98. The summed E-state index contributed by atoms with van der Waals surface area (Å²) >= 11 is 0. The van der Waals surface area contributed by atoms with Crippen LogP contribution >= 0.6 is 0 Å². The van der Waals surface area contributed by atoms with Gasteiger partial charge in [0, 0.05) is 31.6 Å². The van der Waals surface area contributed by atoms with Gasteiger partial charge in [0.15, 0.2) is 0 Å². The van der Waals surface area contributed by atoms with Gasteiger partial charge in [0.05, 0.1) is 6.61 Å². The summed E-state index contributed by atoms with van der Waals surface area (Å²) < 4.78 is 4.95. The number of carbonyl (C=O) groups excluding carboxylic acids is 2. The normalized spacial score (nSPS) is 17.9. The van der Waals surface area contributed by atoms with Gasteiger partial charge in [-0.05, 0) is 26.2 Å². The van der Waals surface area contributed by atoms with E-state index in [1.165, 1.54) is 0 Å². The Morgan fingerprint density at radius 2 is 2.00 bits per heavy atom. The Labute approximate surface area is 114 Å². The zero-order valence-electron chi connectivity index (χ0n) is 11.9. The van der Waals surface area contributed by atoms with Gasteiger partial charge in [-0.15, -0.1) is 0 Å². The fourth-order valence-corrected chi connectivity index (χ4v) is 2.09. The first-order chi connectivity index (χ1) is 9.06. The first-order valence-corrected chi connectivity index (χ1v) is 7.03. The third-order valence-corrected chi connectivity index (χ3v) is 3.36. The van der Waals surface area contributed by atoms with Crippen LogP contribution in [-0.2, 0) is 9.53 Å². The summed E-state index contributed by atoms with van der Waals surface area (Å²) in [6.07, 6.45) is 2.45.